The Bertz CT molecular complexity index is 615. The molecular formula is C19H23NO. The van der Waals surface area contributed by atoms with Gasteiger partial charge in [-0.15, -0.1) is 0 Å². The molecule has 2 aromatic rings. The molecule has 2 N–H and O–H groups in total. The number of benzene rings is 2. The van der Waals surface area contributed by atoms with Gasteiger partial charge in [0.25, 0.3) is 0 Å². The van der Waals surface area contributed by atoms with E-state index in [9.17, 15) is 0 Å². The summed E-state index contributed by atoms with van der Waals surface area (Å²) < 4.78 is 5.74. The summed E-state index contributed by atoms with van der Waals surface area (Å²) in [5.74, 6) is 1.39. The van der Waals surface area contributed by atoms with E-state index in [2.05, 4.69) is 44.2 Å². The lowest BCUT2D eigenvalue weighted by Crippen LogP contribution is -2.34. The number of nitrogens with two attached hydrogens (primary N) is 1. The van der Waals surface area contributed by atoms with E-state index in [0.717, 1.165) is 25.2 Å². The van der Waals surface area contributed by atoms with Crippen LogP contribution in [-0.2, 0) is 6.42 Å². The molecule has 0 bridgehead atoms. The van der Waals surface area contributed by atoms with Crippen molar-refractivity contribution in [3.8, 4) is 5.75 Å². The van der Waals surface area contributed by atoms with Gasteiger partial charge in [-0.2, -0.15) is 0 Å². The number of hydrogen-bond donors (Lipinski definition) is 1. The molecule has 2 aromatic carbocycles. The molecule has 1 heterocycles. The van der Waals surface area contributed by atoms with Crippen molar-refractivity contribution in [1.29, 1.82) is 0 Å². The molecule has 2 heteroatoms. The lowest BCUT2D eigenvalue weighted by molar-refractivity contribution is 0.254. The molecule has 21 heavy (non-hydrogen) atoms. The smallest absolute Gasteiger partial charge is 0.122 e. The summed E-state index contributed by atoms with van der Waals surface area (Å²) >= 11 is 0. The second-order valence-electron chi connectivity index (χ2n) is 6.15. The maximum Gasteiger partial charge on any atom is 0.122 e. The van der Waals surface area contributed by atoms with Crippen molar-refractivity contribution in [2.75, 3.05) is 6.61 Å². The highest BCUT2D eigenvalue weighted by molar-refractivity contribution is 5.39. The maximum absolute atomic E-state index is 6.54. The minimum Gasteiger partial charge on any atom is -0.493 e. The zero-order valence-electron chi connectivity index (χ0n) is 12.8. The van der Waals surface area contributed by atoms with Gasteiger partial charge in [-0.1, -0.05) is 47.5 Å². The summed E-state index contributed by atoms with van der Waals surface area (Å²) in [6, 6.07) is 15.1. The molecule has 0 saturated carbocycles. The molecule has 3 rings (SSSR count). The lowest BCUT2D eigenvalue weighted by Gasteiger charge is -2.30. The van der Waals surface area contributed by atoms with Crippen molar-refractivity contribution in [3.05, 3.63) is 64.7 Å². The van der Waals surface area contributed by atoms with Crippen LogP contribution in [-0.4, -0.2) is 12.6 Å². The van der Waals surface area contributed by atoms with Crippen LogP contribution >= 0.6 is 0 Å². The molecule has 2 unspecified atom stereocenters. The van der Waals surface area contributed by atoms with Crippen LogP contribution in [0.25, 0.3) is 0 Å². The summed E-state index contributed by atoms with van der Waals surface area (Å²) in [6.07, 6.45) is 1.92. The van der Waals surface area contributed by atoms with Gasteiger partial charge in [0.05, 0.1) is 6.61 Å². The van der Waals surface area contributed by atoms with E-state index >= 15 is 0 Å². The first-order valence-electron chi connectivity index (χ1n) is 7.68. The van der Waals surface area contributed by atoms with Gasteiger partial charge in [0.15, 0.2) is 0 Å². The summed E-state index contributed by atoms with van der Waals surface area (Å²) in [5.41, 5.74) is 11.8. The third kappa shape index (κ3) is 3.11. The van der Waals surface area contributed by atoms with Gasteiger partial charge in [-0.25, -0.2) is 0 Å². The van der Waals surface area contributed by atoms with Crippen molar-refractivity contribution >= 4 is 0 Å². The number of ether oxygens (including phenoxy) is 1. The molecule has 0 spiro atoms. The van der Waals surface area contributed by atoms with Gasteiger partial charge in [-0.3, -0.25) is 0 Å². The molecule has 0 saturated heterocycles. The molecule has 110 valence electrons. The fraction of sp³-hybridized carbons (Fsp3) is 0.368. The zero-order chi connectivity index (χ0) is 14.8. The second kappa shape index (κ2) is 5.90. The van der Waals surface area contributed by atoms with Crippen molar-refractivity contribution in [1.82, 2.24) is 0 Å². The molecule has 0 fully saturated rings. The van der Waals surface area contributed by atoms with Crippen molar-refractivity contribution in [2.24, 2.45) is 5.73 Å². The van der Waals surface area contributed by atoms with E-state index in [0.29, 0.717) is 5.92 Å². The van der Waals surface area contributed by atoms with E-state index in [1.807, 2.05) is 12.1 Å². The number of hydrogen-bond acceptors (Lipinski definition) is 2. The molecule has 2 nitrogen and oxygen atoms in total. The average molecular weight is 281 g/mol. The average Bonchev–Trinajstić information content (AvgIpc) is 2.45. The third-order valence-electron chi connectivity index (χ3n) is 4.27. The predicted octanol–water partition coefficient (Wildman–Crippen LogP) is 3.74. The Hall–Kier alpha value is -1.80. The number of rotatable bonds is 3. The summed E-state index contributed by atoms with van der Waals surface area (Å²) in [7, 11) is 0. The Morgan fingerprint density at radius 3 is 2.62 bits per heavy atom. The van der Waals surface area contributed by atoms with E-state index in [4.69, 9.17) is 10.5 Å². The second-order valence-corrected chi connectivity index (χ2v) is 6.15. The van der Waals surface area contributed by atoms with E-state index in [1.54, 1.807) is 0 Å². The van der Waals surface area contributed by atoms with E-state index in [-0.39, 0.29) is 6.04 Å². The van der Waals surface area contributed by atoms with Crippen LogP contribution in [0.5, 0.6) is 5.75 Å². The Balaban J connectivity index is 1.81. The minimum atomic E-state index is 0.135. The van der Waals surface area contributed by atoms with E-state index in [1.165, 1.54) is 22.3 Å². The molecule has 1 aliphatic heterocycles. The first-order valence-corrected chi connectivity index (χ1v) is 7.68. The SMILES string of the molecule is Cc1cc(C)cc(CC(N)C2CCOc3ccccc32)c1. The topological polar surface area (TPSA) is 35.2 Å². The van der Waals surface area contributed by atoms with Gasteiger partial charge < -0.3 is 10.5 Å². The van der Waals surface area contributed by atoms with Crippen LogP contribution in [0.1, 0.15) is 34.6 Å². The Morgan fingerprint density at radius 2 is 1.86 bits per heavy atom. The van der Waals surface area contributed by atoms with E-state index < -0.39 is 0 Å². The van der Waals surface area contributed by atoms with Crippen LogP contribution in [0.15, 0.2) is 42.5 Å². The molecule has 0 aromatic heterocycles. The first kappa shape index (κ1) is 14.2. The Kier molecular flexibility index (Phi) is 3.98. The predicted molar refractivity (Wildman–Crippen MR) is 86.9 cm³/mol. The highest BCUT2D eigenvalue weighted by Crippen LogP contribution is 2.35. The largest absolute Gasteiger partial charge is 0.493 e. The maximum atomic E-state index is 6.54. The molecule has 0 aliphatic carbocycles. The molecule has 0 amide bonds. The highest BCUT2D eigenvalue weighted by atomic mass is 16.5. The Labute approximate surface area is 126 Å². The number of para-hydroxylation sites is 1. The molecule has 1 aliphatic rings. The van der Waals surface area contributed by atoms with Crippen LogP contribution in [0, 0.1) is 13.8 Å². The minimum absolute atomic E-state index is 0.135. The first-order chi connectivity index (χ1) is 10.1. The lowest BCUT2D eigenvalue weighted by atomic mass is 9.84. The fourth-order valence-electron chi connectivity index (χ4n) is 3.42. The Morgan fingerprint density at radius 1 is 1.14 bits per heavy atom. The normalized spacial score (nSPS) is 18.7. The monoisotopic (exact) mass is 281 g/mol. The standard InChI is InChI=1S/C19H23NO/c1-13-9-14(2)11-15(10-13)12-18(20)16-7-8-21-19-6-4-3-5-17(16)19/h3-6,9-11,16,18H,7-8,12,20H2,1-2H3. The molecule has 2 atom stereocenters. The van der Waals surface area contributed by atoms with Crippen molar-refractivity contribution < 1.29 is 4.74 Å². The quantitative estimate of drug-likeness (QED) is 0.930. The van der Waals surface area contributed by atoms with Gasteiger partial charge in [0.1, 0.15) is 5.75 Å². The fourth-order valence-corrected chi connectivity index (χ4v) is 3.42. The van der Waals surface area contributed by atoms with Crippen LogP contribution in [0.2, 0.25) is 0 Å². The number of aryl methyl sites for hydroxylation is 2. The van der Waals surface area contributed by atoms with Gasteiger partial charge in [0.2, 0.25) is 0 Å². The van der Waals surface area contributed by atoms with Gasteiger partial charge in [0, 0.05) is 12.0 Å². The summed E-state index contributed by atoms with van der Waals surface area (Å²) in [4.78, 5) is 0. The van der Waals surface area contributed by atoms with Crippen molar-refractivity contribution in [3.63, 3.8) is 0 Å². The van der Waals surface area contributed by atoms with Crippen molar-refractivity contribution in [2.45, 2.75) is 38.6 Å². The summed E-state index contributed by atoms with van der Waals surface area (Å²) in [5, 5.41) is 0. The third-order valence-corrected chi connectivity index (χ3v) is 4.27. The van der Waals surface area contributed by atoms with Gasteiger partial charge in [-0.05, 0) is 43.9 Å². The van der Waals surface area contributed by atoms with Crippen LogP contribution < -0.4 is 10.5 Å². The molecule has 0 radical (unpaired) electrons. The molecular weight excluding hydrogens is 258 g/mol. The summed E-state index contributed by atoms with van der Waals surface area (Å²) in [6.45, 7) is 5.06. The number of fused-ring (bicyclic) bond motifs is 1. The highest BCUT2D eigenvalue weighted by Gasteiger charge is 2.26. The van der Waals surface area contributed by atoms with Gasteiger partial charge >= 0.3 is 0 Å². The zero-order valence-corrected chi connectivity index (χ0v) is 12.8. The van der Waals surface area contributed by atoms with Crippen LogP contribution in [0.4, 0.5) is 0 Å². The van der Waals surface area contributed by atoms with Crippen LogP contribution in [0.3, 0.4) is 0 Å².